The number of ether oxygens (including phenoxy) is 2. The van der Waals surface area contributed by atoms with E-state index in [-0.39, 0.29) is 23.1 Å². The molecule has 0 saturated carbocycles. The summed E-state index contributed by atoms with van der Waals surface area (Å²) in [6, 6.07) is 33.5. The van der Waals surface area contributed by atoms with Gasteiger partial charge in [-0.3, -0.25) is 9.59 Å². The molecule has 0 aromatic heterocycles. The minimum atomic E-state index is -1.72. The van der Waals surface area contributed by atoms with Crippen molar-refractivity contribution in [3.8, 4) is 0 Å². The summed E-state index contributed by atoms with van der Waals surface area (Å²) in [6.07, 6.45) is 13.7. The van der Waals surface area contributed by atoms with E-state index < -0.39 is 7.26 Å². The van der Waals surface area contributed by atoms with E-state index in [0.29, 0.717) is 17.6 Å². The van der Waals surface area contributed by atoms with Crippen LogP contribution in [-0.4, -0.2) is 31.9 Å². The van der Waals surface area contributed by atoms with Gasteiger partial charge in [-0.1, -0.05) is 99.5 Å². The number of carbonyl (C=O) groups excluding carboxylic acids is 2. The zero-order valence-electron chi connectivity index (χ0n) is 26.7. The highest BCUT2D eigenvalue weighted by atomic mass is 31.2. The van der Waals surface area contributed by atoms with Gasteiger partial charge in [0.05, 0.1) is 20.4 Å². The van der Waals surface area contributed by atoms with Gasteiger partial charge in [0.25, 0.3) is 0 Å². The predicted octanol–water partition coefficient (Wildman–Crippen LogP) is 8.24. The van der Waals surface area contributed by atoms with E-state index in [2.05, 4.69) is 91.0 Å². The fraction of sp³-hybridized carbons (Fsp3) is 0.385. The molecule has 4 nitrogen and oxygen atoms in total. The van der Waals surface area contributed by atoms with E-state index in [0.717, 1.165) is 19.3 Å². The lowest BCUT2D eigenvalue weighted by molar-refractivity contribution is -0.121. The summed E-state index contributed by atoms with van der Waals surface area (Å²) in [7, 11) is 1.08. The Morgan fingerprint density at radius 1 is 0.500 bits per heavy atom. The molecular formula is C39H48O4P+. The number of benzene rings is 3. The molecule has 44 heavy (non-hydrogen) atoms. The van der Waals surface area contributed by atoms with E-state index in [1.807, 2.05) is 0 Å². The van der Waals surface area contributed by atoms with Crippen molar-refractivity contribution in [2.75, 3.05) is 20.4 Å². The Hall–Kier alpha value is -3.49. The minimum Gasteiger partial charge on any atom is -0.489 e. The third-order valence-corrected chi connectivity index (χ3v) is 13.4. The summed E-state index contributed by atoms with van der Waals surface area (Å²) >= 11 is 0. The van der Waals surface area contributed by atoms with Gasteiger partial charge in [0.1, 0.15) is 23.2 Å². The van der Waals surface area contributed by atoms with Crippen molar-refractivity contribution in [1.29, 1.82) is 0 Å². The number of allylic oxidation sites excluding steroid dienone is 2. The maximum absolute atomic E-state index is 12.8. The standard InChI is InChI=1S/C39H48O4P/c1-31-35(37(41)39(43-3)38(42-2)36(31)40)29-21-10-8-6-4-5-7-9-11-22-30-44(32-23-15-12-16-24-32,33-25-17-13-18-26-33)34-27-19-14-20-28-34/h12-20,23-28H,4-11,21-22,29-30H2,1-3H3/q+1. The molecule has 0 N–H and O–H groups in total. The number of hydrogen-bond acceptors (Lipinski definition) is 4. The molecule has 232 valence electrons. The van der Waals surface area contributed by atoms with Crippen LogP contribution in [0, 0.1) is 0 Å². The third kappa shape index (κ3) is 7.96. The monoisotopic (exact) mass is 611 g/mol. The summed E-state index contributed by atoms with van der Waals surface area (Å²) in [5, 5.41) is 4.41. The number of unbranched alkanes of at least 4 members (excludes halogenated alkanes) is 9. The molecule has 0 aliphatic heterocycles. The maximum Gasteiger partial charge on any atom is 0.228 e. The number of hydrogen-bond donors (Lipinski definition) is 0. The fourth-order valence-corrected chi connectivity index (χ4v) is 10.8. The van der Waals surface area contributed by atoms with Gasteiger partial charge in [0.15, 0.2) is 0 Å². The molecular weight excluding hydrogens is 563 g/mol. The largest absolute Gasteiger partial charge is 0.489 e. The molecule has 0 saturated heterocycles. The highest BCUT2D eigenvalue weighted by Gasteiger charge is 2.44. The van der Waals surface area contributed by atoms with E-state index in [1.54, 1.807) is 6.92 Å². The van der Waals surface area contributed by atoms with Crippen LogP contribution >= 0.6 is 7.26 Å². The van der Waals surface area contributed by atoms with Crippen molar-refractivity contribution in [3.05, 3.63) is 114 Å². The number of methoxy groups -OCH3 is 2. The maximum atomic E-state index is 12.8. The minimum absolute atomic E-state index is 0.0170. The Morgan fingerprint density at radius 3 is 1.27 bits per heavy atom. The van der Waals surface area contributed by atoms with E-state index in [9.17, 15) is 9.59 Å². The summed E-state index contributed by atoms with van der Waals surface area (Å²) in [4.78, 5) is 25.4. The third-order valence-electron chi connectivity index (χ3n) is 8.86. The number of rotatable bonds is 18. The number of carbonyl (C=O) groups is 2. The lowest BCUT2D eigenvalue weighted by Crippen LogP contribution is -2.33. The summed E-state index contributed by atoms with van der Waals surface area (Å²) in [6.45, 7) is 1.72. The molecule has 5 heteroatoms. The summed E-state index contributed by atoms with van der Waals surface area (Å²) in [5.41, 5.74) is 1.06. The van der Waals surface area contributed by atoms with Crippen molar-refractivity contribution in [3.63, 3.8) is 0 Å². The second kappa shape index (κ2) is 17.1. The van der Waals surface area contributed by atoms with Gasteiger partial charge < -0.3 is 9.47 Å². The first-order valence-corrected chi connectivity index (χ1v) is 18.2. The van der Waals surface area contributed by atoms with Crippen molar-refractivity contribution in [2.24, 2.45) is 0 Å². The molecule has 0 heterocycles. The van der Waals surface area contributed by atoms with Gasteiger partial charge in [-0.05, 0) is 69.0 Å². The zero-order chi connectivity index (χ0) is 31.2. The summed E-state index contributed by atoms with van der Waals surface area (Å²) < 4.78 is 10.3. The molecule has 1 aliphatic carbocycles. The smallest absolute Gasteiger partial charge is 0.228 e. The van der Waals surface area contributed by atoms with Crippen LogP contribution in [0.15, 0.2) is 114 Å². The van der Waals surface area contributed by atoms with Crippen molar-refractivity contribution >= 4 is 34.7 Å². The lowest BCUT2D eigenvalue weighted by Gasteiger charge is -2.27. The number of Topliss-reactive ketones (excluding diaryl/α,β-unsaturated/α-hetero) is 2. The lowest BCUT2D eigenvalue weighted by atomic mass is 9.89. The quantitative estimate of drug-likeness (QED) is 0.0826. The Morgan fingerprint density at radius 2 is 0.864 bits per heavy atom. The van der Waals surface area contributed by atoms with Crippen LogP contribution in [0.5, 0.6) is 0 Å². The second-order valence-electron chi connectivity index (χ2n) is 11.7. The first kappa shape index (κ1) is 33.4. The SMILES string of the molecule is COC1=C(OC)C(=O)C(CCCCCCCCCCCC[P+](c2ccccc2)(c2ccccc2)c2ccccc2)=C(C)C1=O. The van der Waals surface area contributed by atoms with E-state index in [4.69, 9.17) is 9.47 Å². The van der Waals surface area contributed by atoms with Crippen LogP contribution < -0.4 is 15.9 Å². The molecule has 3 aromatic carbocycles. The Bertz CT molecular complexity index is 1310. The molecule has 0 amide bonds. The Kier molecular flexibility index (Phi) is 13.0. The fourth-order valence-electron chi connectivity index (χ4n) is 6.44. The van der Waals surface area contributed by atoms with Crippen LogP contribution in [0.1, 0.15) is 77.6 Å². The molecule has 0 fully saturated rings. The van der Waals surface area contributed by atoms with Crippen LogP contribution in [0.2, 0.25) is 0 Å². The molecule has 3 aromatic rings. The first-order valence-electron chi connectivity index (χ1n) is 16.2. The molecule has 0 unspecified atom stereocenters. The highest BCUT2D eigenvalue weighted by molar-refractivity contribution is 7.95. The molecule has 0 spiro atoms. The van der Waals surface area contributed by atoms with Gasteiger partial charge in [0, 0.05) is 11.1 Å². The summed E-state index contributed by atoms with van der Waals surface area (Å²) in [5.74, 6) is -0.405. The second-order valence-corrected chi connectivity index (χ2v) is 15.3. The Labute approximate surface area is 264 Å². The van der Waals surface area contributed by atoms with Crippen molar-refractivity contribution in [1.82, 2.24) is 0 Å². The molecule has 1 aliphatic rings. The molecule has 4 rings (SSSR count). The highest BCUT2D eigenvalue weighted by Crippen LogP contribution is 2.56. The molecule has 0 bridgehead atoms. The Balaban J connectivity index is 1.19. The first-order chi connectivity index (χ1) is 21.5. The normalized spacial score (nSPS) is 13.9. The number of ketones is 2. The van der Waals surface area contributed by atoms with Crippen LogP contribution in [-0.2, 0) is 19.1 Å². The van der Waals surface area contributed by atoms with Gasteiger partial charge in [-0.25, -0.2) is 0 Å². The van der Waals surface area contributed by atoms with E-state index in [1.165, 1.54) is 81.2 Å². The zero-order valence-corrected chi connectivity index (χ0v) is 27.6. The van der Waals surface area contributed by atoms with E-state index >= 15 is 0 Å². The van der Waals surface area contributed by atoms with Crippen LogP contribution in [0.3, 0.4) is 0 Å². The van der Waals surface area contributed by atoms with Crippen LogP contribution in [0.25, 0.3) is 0 Å². The molecule has 0 atom stereocenters. The predicted molar refractivity (Wildman–Crippen MR) is 185 cm³/mol. The average molecular weight is 612 g/mol. The van der Waals surface area contributed by atoms with Gasteiger partial charge in [-0.15, -0.1) is 0 Å². The van der Waals surface area contributed by atoms with Gasteiger partial charge in [-0.2, -0.15) is 0 Å². The van der Waals surface area contributed by atoms with Gasteiger partial charge >= 0.3 is 0 Å². The van der Waals surface area contributed by atoms with Crippen LogP contribution in [0.4, 0.5) is 0 Å². The topological polar surface area (TPSA) is 52.6 Å². The molecule has 0 radical (unpaired) electrons. The van der Waals surface area contributed by atoms with Gasteiger partial charge in [0.2, 0.25) is 23.1 Å². The van der Waals surface area contributed by atoms with Crippen molar-refractivity contribution in [2.45, 2.75) is 77.6 Å². The van der Waals surface area contributed by atoms with Crippen molar-refractivity contribution < 1.29 is 19.1 Å². The average Bonchev–Trinajstić information content (AvgIpc) is 3.07.